The van der Waals surface area contributed by atoms with Crippen molar-refractivity contribution in [2.75, 3.05) is 0 Å². The molecular formula is C16H14Cl2N2O3. The number of benzene rings is 1. The fraction of sp³-hybridized carbons (Fsp3) is 0.250. The molecule has 0 saturated heterocycles. The summed E-state index contributed by atoms with van der Waals surface area (Å²) in [7, 11) is 0. The SMILES string of the molecule is O=C(NC1CC1)c1cc(=O)c(OCc2ccc(Cl)cc2Cl)c[nH]1. The molecule has 0 unspecified atom stereocenters. The van der Waals surface area contributed by atoms with Crippen LogP contribution in [0, 0.1) is 0 Å². The molecule has 1 heterocycles. The van der Waals surface area contributed by atoms with Crippen LogP contribution in [0.15, 0.2) is 35.3 Å². The van der Waals surface area contributed by atoms with E-state index in [1.54, 1.807) is 18.2 Å². The number of aromatic nitrogens is 1. The van der Waals surface area contributed by atoms with Gasteiger partial charge in [-0.25, -0.2) is 0 Å². The molecule has 0 aliphatic heterocycles. The van der Waals surface area contributed by atoms with Crippen LogP contribution in [-0.2, 0) is 6.61 Å². The summed E-state index contributed by atoms with van der Waals surface area (Å²) in [5.41, 5.74) is 0.569. The van der Waals surface area contributed by atoms with Gasteiger partial charge in [-0.15, -0.1) is 0 Å². The van der Waals surface area contributed by atoms with Crippen molar-refractivity contribution in [3.8, 4) is 5.75 Å². The largest absolute Gasteiger partial charge is 0.483 e. The number of amides is 1. The average molecular weight is 353 g/mol. The fourth-order valence-corrected chi connectivity index (χ4v) is 2.45. The molecule has 2 N–H and O–H groups in total. The number of halogens is 2. The number of carbonyl (C=O) groups excluding carboxylic acids is 1. The number of hydrogen-bond donors (Lipinski definition) is 2. The zero-order chi connectivity index (χ0) is 16.4. The molecule has 1 aromatic carbocycles. The van der Waals surface area contributed by atoms with Crippen LogP contribution >= 0.6 is 23.2 Å². The molecule has 7 heteroatoms. The van der Waals surface area contributed by atoms with Gasteiger partial charge >= 0.3 is 0 Å². The number of carbonyl (C=O) groups is 1. The summed E-state index contributed by atoms with van der Waals surface area (Å²) >= 11 is 11.9. The van der Waals surface area contributed by atoms with E-state index in [1.165, 1.54) is 12.3 Å². The van der Waals surface area contributed by atoms with Crippen molar-refractivity contribution in [2.45, 2.75) is 25.5 Å². The van der Waals surface area contributed by atoms with Gasteiger partial charge in [0.05, 0.1) is 0 Å². The number of hydrogen-bond acceptors (Lipinski definition) is 3. The lowest BCUT2D eigenvalue weighted by Gasteiger charge is -2.08. The molecule has 3 rings (SSSR count). The second-order valence-electron chi connectivity index (χ2n) is 5.35. The van der Waals surface area contributed by atoms with Gasteiger partial charge in [0.1, 0.15) is 12.3 Å². The van der Waals surface area contributed by atoms with Crippen molar-refractivity contribution in [3.63, 3.8) is 0 Å². The van der Waals surface area contributed by atoms with Crippen molar-refractivity contribution >= 4 is 29.1 Å². The number of pyridine rings is 1. The van der Waals surface area contributed by atoms with Gasteiger partial charge in [-0.1, -0.05) is 29.3 Å². The van der Waals surface area contributed by atoms with Crippen LogP contribution in [0.2, 0.25) is 10.0 Å². The van der Waals surface area contributed by atoms with E-state index < -0.39 is 0 Å². The Morgan fingerprint density at radius 3 is 2.74 bits per heavy atom. The third-order valence-corrected chi connectivity index (χ3v) is 4.02. The molecule has 0 bridgehead atoms. The molecule has 0 spiro atoms. The van der Waals surface area contributed by atoms with E-state index >= 15 is 0 Å². The van der Waals surface area contributed by atoms with Crippen molar-refractivity contribution < 1.29 is 9.53 Å². The second kappa shape index (κ2) is 6.64. The first-order valence-corrected chi connectivity index (χ1v) is 7.89. The molecule has 1 aliphatic rings. The number of nitrogens with one attached hydrogen (secondary N) is 2. The molecule has 1 aliphatic carbocycles. The van der Waals surface area contributed by atoms with Crippen LogP contribution < -0.4 is 15.5 Å². The maximum absolute atomic E-state index is 12.0. The van der Waals surface area contributed by atoms with Crippen LogP contribution in [-0.4, -0.2) is 16.9 Å². The molecule has 5 nitrogen and oxygen atoms in total. The van der Waals surface area contributed by atoms with Crippen molar-refractivity contribution in [1.29, 1.82) is 0 Å². The lowest BCUT2D eigenvalue weighted by Crippen LogP contribution is -2.27. The highest BCUT2D eigenvalue weighted by Gasteiger charge is 2.24. The number of H-pyrrole nitrogens is 1. The Hall–Kier alpha value is -1.98. The number of ether oxygens (including phenoxy) is 1. The van der Waals surface area contributed by atoms with Gasteiger partial charge in [0.15, 0.2) is 5.75 Å². The Morgan fingerprint density at radius 2 is 2.09 bits per heavy atom. The highest BCUT2D eigenvalue weighted by Crippen LogP contribution is 2.22. The predicted molar refractivity (Wildman–Crippen MR) is 88.3 cm³/mol. The molecular weight excluding hydrogens is 339 g/mol. The Labute approximate surface area is 142 Å². The fourth-order valence-electron chi connectivity index (χ4n) is 1.99. The van der Waals surface area contributed by atoms with Gasteiger partial charge in [-0.3, -0.25) is 9.59 Å². The second-order valence-corrected chi connectivity index (χ2v) is 6.19. The standard InChI is InChI=1S/C16H14Cl2N2O3/c17-10-2-1-9(12(18)5-10)8-23-15-7-19-13(6-14(15)21)16(22)20-11-3-4-11/h1-2,5-7,11H,3-4,8H2,(H,19,21)(H,20,22). The molecule has 0 atom stereocenters. The van der Waals surface area contributed by atoms with E-state index in [4.69, 9.17) is 27.9 Å². The van der Waals surface area contributed by atoms with Crippen LogP contribution in [0.5, 0.6) is 5.75 Å². The first-order chi connectivity index (χ1) is 11.0. The Bertz CT molecular complexity index is 800. The lowest BCUT2D eigenvalue weighted by molar-refractivity contribution is 0.0946. The third-order valence-electron chi connectivity index (χ3n) is 3.43. The van der Waals surface area contributed by atoms with Gasteiger partial charge < -0.3 is 15.0 Å². The van der Waals surface area contributed by atoms with Crippen molar-refractivity contribution in [2.24, 2.45) is 0 Å². The average Bonchev–Trinajstić information content (AvgIpc) is 3.31. The molecule has 23 heavy (non-hydrogen) atoms. The van der Waals surface area contributed by atoms with Crippen LogP contribution in [0.4, 0.5) is 0 Å². The molecule has 120 valence electrons. The zero-order valence-electron chi connectivity index (χ0n) is 12.1. The summed E-state index contributed by atoms with van der Waals surface area (Å²) in [6.45, 7) is 0.132. The smallest absolute Gasteiger partial charge is 0.268 e. The summed E-state index contributed by atoms with van der Waals surface area (Å²) in [5, 5.41) is 3.80. The van der Waals surface area contributed by atoms with E-state index in [2.05, 4.69) is 10.3 Å². The van der Waals surface area contributed by atoms with E-state index in [0.717, 1.165) is 12.8 Å². The first-order valence-electron chi connectivity index (χ1n) is 7.13. The Kier molecular flexibility index (Phi) is 4.59. The van der Waals surface area contributed by atoms with Crippen molar-refractivity contribution in [3.05, 3.63) is 62.0 Å². The quantitative estimate of drug-likeness (QED) is 0.868. The molecule has 1 amide bonds. The van der Waals surface area contributed by atoms with E-state index in [-0.39, 0.29) is 35.4 Å². The van der Waals surface area contributed by atoms with Gasteiger partial charge in [-0.2, -0.15) is 0 Å². The van der Waals surface area contributed by atoms with E-state index in [0.29, 0.717) is 15.6 Å². The highest BCUT2D eigenvalue weighted by atomic mass is 35.5. The normalized spacial score (nSPS) is 13.7. The zero-order valence-corrected chi connectivity index (χ0v) is 13.6. The molecule has 0 radical (unpaired) electrons. The summed E-state index contributed by atoms with van der Waals surface area (Å²) < 4.78 is 5.47. The van der Waals surface area contributed by atoms with Crippen LogP contribution in [0.25, 0.3) is 0 Å². The molecule has 1 fully saturated rings. The summed E-state index contributed by atoms with van der Waals surface area (Å²) in [5.74, 6) is -0.157. The third kappa shape index (κ3) is 4.06. The monoisotopic (exact) mass is 352 g/mol. The number of aromatic amines is 1. The van der Waals surface area contributed by atoms with Gasteiger partial charge in [0.2, 0.25) is 5.43 Å². The van der Waals surface area contributed by atoms with Crippen molar-refractivity contribution in [1.82, 2.24) is 10.3 Å². The maximum Gasteiger partial charge on any atom is 0.268 e. The van der Waals surface area contributed by atoms with E-state index in [1.807, 2.05) is 0 Å². The Morgan fingerprint density at radius 1 is 1.30 bits per heavy atom. The Balaban J connectivity index is 1.68. The maximum atomic E-state index is 12.0. The topological polar surface area (TPSA) is 71.2 Å². The van der Waals surface area contributed by atoms with E-state index in [9.17, 15) is 9.59 Å². The lowest BCUT2D eigenvalue weighted by atomic mass is 10.2. The van der Waals surface area contributed by atoms with Gasteiger partial charge in [-0.05, 0) is 25.0 Å². The minimum absolute atomic E-state index is 0.124. The summed E-state index contributed by atoms with van der Waals surface area (Å²) in [6, 6.07) is 6.50. The predicted octanol–water partition coefficient (Wildman–Crippen LogP) is 3.15. The summed E-state index contributed by atoms with van der Waals surface area (Å²) in [4.78, 5) is 26.7. The molecule has 1 saturated carbocycles. The highest BCUT2D eigenvalue weighted by molar-refractivity contribution is 6.35. The minimum atomic E-state index is -0.366. The van der Waals surface area contributed by atoms with Crippen LogP contribution in [0.1, 0.15) is 28.9 Å². The number of rotatable bonds is 5. The van der Waals surface area contributed by atoms with Gasteiger partial charge in [0, 0.05) is 33.9 Å². The first kappa shape index (κ1) is 15.9. The summed E-state index contributed by atoms with van der Waals surface area (Å²) in [6.07, 6.45) is 3.35. The molecule has 1 aromatic heterocycles. The van der Waals surface area contributed by atoms with Gasteiger partial charge in [0.25, 0.3) is 5.91 Å². The molecule has 2 aromatic rings. The minimum Gasteiger partial charge on any atom is -0.483 e. The van der Waals surface area contributed by atoms with Crippen LogP contribution in [0.3, 0.4) is 0 Å².